The van der Waals surface area contributed by atoms with Gasteiger partial charge < -0.3 is 25.2 Å². The molecule has 3 aromatic carbocycles. The van der Waals surface area contributed by atoms with Crippen LogP contribution in [-0.2, 0) is 29.2 Å². The quantitative estimate of drug-likeness (QED) is 0.236. The average molecular weight is 665 g/mol. The molecule has 6 fully saturated rings. The number of urea groups is 1. The molecule has 0 unspecified atom stereocenters. The van der Waals surface area contributed by atoms with Crippen molar-refractivity contribution in [1.82, 2.24) is 20.4 Å². The number of carbonyl (C=O) groups is 1. The number of ether oxygens (including phenoxy) is 2. The lowest BCUT2D eigenvalue weighted by molar-refractivity contribution is -0.253. The summed E-state index contributed by atoms with van der Waals surface area (Å²) in [6.45, 7) is 6.51. The van der Waals surface area contributed by atoms with E-state index >= 15 is 0 Å². The molecular formula is C41H52N4O4. The van der Waals surface area contributed by atoms with Crippen LogP contribution in [0.2, 0.25) is 0 Å². The van der Waals surface area contributed by atoms with Gasteiger partial charge in [-0.25, -0.2) is 4.79 Å². The van der Waals surface area contributed by atoms with E-state index in [-0.39, 0.29) is 30.4 Å². The van der Waals surface area contributed by atoms with Gasteiger partial charge in [-0.15, -0.1) is 0 Å². The summed E-state index contributed by atoms with van der Waals surface area (Å²) in [5.74, 6) is 2.41. The van der Waals surface area contributed by atoms with Crippen molar-refractivity contribution in [2.75, 3.05) is 32.7 Å². The standard InChI is InChI=1S/C41H52N4O4/c46-28-31-8-10-35(11-9-31)38-21-37(27-45-16-14-44(15-17-45)26-30-4-2-1-3-5-30)48-39(49-38)36-12-6-29(7-13-36)25-42-40(47)43-41-22-32-18-33(23-41)20-34(19-32)24-41/h1-13,32-34,37-39,46H,14-28H2,(H2,42,43,47)/t32?,33?,34?,37-,38+,39+,41?/m1/s1. The molecule has 49 heavy (non-hydrogen) atoms. The molecule has 3 aromatic rings. The number of aliphatic hydroxyl groups is 1. The lowest BCUT2D eigenvalue weighted by Gasteiger charge is -2.56. The molecule has 8 nitrogen and oxygen atoms in total. The van der Waals surface area contributed by atoms with E-state index in [4.69, 9.17) is 9.47 Å². The van der Waals surface area contributed by atoms with Gasteiger partial charge in [0, 0.05) is 63.3 Å². The lowest BCUT2D eigenvalue weighted by atomic mass is 9.53. The summed E-state index contributed by atoms with van der Waals surface area (Å²) >= 11 is 0. The second-order valence-electron chi connectivity index (χ2n) is 15.7. The van der Waals surface area contributed by atoms with Crippen molar-refractivity contribution < 1.29 is 19.4 Å². The van der Waals surface area contributed by atoms with Crippen LogP contribution in [0.4, 0.5) is 4.79 Å². The van der Waals surface area contributed by atoms with E-state index in [2.05, 4.69) is 87.2 Å². The molecule has 3 atom stereocenters. The van der Waals surface area contributed by atoms with Crippen molar-refractivity contribution in [3.05, 3.63) is 107 Å². The van der Waals surface area contributed by atoms with Gasteiger partial charge in [0.1, 0.15) is 0 Å². The first kappa shape index (κ1) is 32.9. The number of nitrogens with one attached hydrogen (secondary N) is 2. The molecule has 4 aliphatic carbocycles. The van der Waals surface area contributed by atoms with Crippen molar-refractivity contribution in [2.24, 2.45) is 17.8 Å². The third-order valence-electron chi connectivity index (χ3n) is 11.9. The Labute approximate surface area is 291 Å². The maximum Gasteiger partial charge on any atom is 0.315 e. The third kappa shape index (κ3) is 7.89. The Morgan fingerprint density at radius 1 is 0.714 bits per heavy atom. The fourth-order valence-electron chi connectivity index (χ4n) is 9.82. The molecule has 0 aromatic heterocycles. The minimum atomic E-state index is -0.484. The van der Waals surface area contributed by atoms with Gasteiger partial charge in [-0.3, -0.25) is 9.80 Å². The summed E-state index contributed by atoms with van der Waals surface area (Å²) in [4.78, 5) is 18.1. The fraction of sp³-hybridized carbons (Fsp3) is 0.537. The van der Waals surface area contributed by atoms with Crippen molar-refractivity contribution in [1.29, 1.82) is 0 Å². The predicted molar refractivity (Wildman–Crippen MR) is 189 cm³/mol. The Morgan fingerprint density at radius 3 is 1.98 bits per heavy atom. The number of aliphatic hydroxyl groups excluding tert-OH is 1. The number of hydrogen-bond acceptors (Lipinski definition) is 6. The summed E-state index contributed by atoms with van der Waals surface area (Å²) in [5.41, 5.74) is 5.42. The van der Waals surface area contributed by atoms with Crippen molar-refractivity contribution in [2.45, 2.75) is 88.7 Å². The van der Waals surface area contributed by atoms with Gasteiger partial charge >= 0.3 is 6.03 Å². The number of hydrogen-bond donors (Lipinski definition) is 3. The average Bonchev–Trinajstić information content (AvgIpc) is 3.11. The lowest BCUT2D eigenvalue weighted by Crippen LogP contribution is -2.61. The Kier molecular flexibility index (Phi) is 9.76. The Morgan fingerprint density at radius 2 is 1.33 bits per heavy atom. The van der Waals surface area contributed by atoms with E-state index in [1.165, 1.54) is 24.8 Å². The molecule has 2 amide bonds. The molecule has 6 aliphatic rings. The molecule has 2 saturated heterocycles. The van der Waals surface area contributed by atoms with E-state index in [0.29, 0.717) is 6.54 Å². The zero-order valence-electron chi connectivity index (χ0n) is 28.6. The number of rotatable bonds is 10. The van der Waals surface area contributed by atoms with Crippen LogP contribution in [0.1, 0.15) is 85.2 Å². The van der Waals surface area contributed by atoms with E-state index in [9.17, 15) is 9.90 Å². The minimum Gasteiger partial charge on any atom is -0.392 e. The monoisotopic (exact) mass is 664 g/mol. The van der Waals surface area contributed by atoms with Gasteiger partial charge in [0.25, 0.3) is 0 Å². The number of piperazine rings is 1. The van der Waals surface area contributed by atoms with Gasteiger partial charge in [-0.05, 0) is 78.5 Å². The molecule has 2 aliphatic heterocycles. The number of nitrogens with zero attached hydrogens (tertiary/aromatic N) is 2. The number of carbonyl (C=O) groups excluding carboxylic acids is 1. The van der Waals surface area contributed by atoms with Crippen LogP contribution >= 0.6 is 0 Å². The van der Waals surface area contributed by atoms with E-state index < -0.39 is 6.29 Å². The third-order valence-corrected chi connectivity index (χ3v) is 11.9. The predicted octanol–water partition coefficient (Wildman–Crippen LogP) is 6.31. The van der Waals surface area contributed by atoms with Gasteiger partial charge in [0.05, 0.1) is 18.8 Å². The largest absolute Gasteiger partial charge is 0.392 e. The maximum absolute atomic E-state index is 13.0. The molecule has 4 saturated carbocycles. The Bertz CT molecular complexity index is 1500. The topological polar surface area (TPSA) is 86.3 Å². The Balaban J connectivity index is 0.881. The van der Waals surface area contributed by atoms with Crippen LogP contribution < -0.4 is 10.6 Å². The number of benzene rings is 3. The highest BCUT2D eigenvalue weighted by Gasteiger charge is 2.51. The number of amides is 2. The fourth-order valence-corrected chi connectivity index (χ4v) is 9.82. The smallest absolute Gasteiger partial charge is 0.315 e. The van der Waals surface area contributed by atoms with Crippen LogP contribution in [0.25, 0.3) is 0 Å². The SMILES string of the molecule is O=C(NCc1ccc([C@H]2O[C@@H](CN3CCN(Cc4ccccc4)CC3)C[C@@H](c3ccc(CO)cc3)O2)cc1)NC12CC3CC(CC(C3)C1)C2. The summed E-state index contributed by atoms with van der Waals surface area (Å²) in [7, 11) is 0. The molecular weight excluding hydrogens is 612 g/mol. The van der Waals surface area contributed by atoms with Crippen LogP contribution in [0.3, 0.4) is 0 Å². The normalized spacial score (nSPS) is 31.4. The summed E-state index contributed by atoms with van der Waals surface area (Å²) in [6.07, 6.45) is 7.78. The van der Waals surface area contributed by atoms with Gasteiger partial charge in [0.2, 0.25) is 0 Å². The highest BCUT2D eigenvalue weighted by atomic mass is 16.7. The van der Waals surface area contributed by atoms with Gasteiger partial charge in [0.15, 0.2) is 6.29 Å². The van der Waals surface area contributed by atoms with Crippen LogP contribution in [0, 0.1) is 17.8 Å². The molecule has 4 bridgehead atoms. The van der Waals surface area contributed by atoms with Gasteiger partial charge in [-0.2, -0.15) is 0 Å². The molecule has 2 heterocycles. The first-order valence-electron chi connectivity index (χ1n) is 18.6. The van der Waals surface area contributed by atoms with Crippen LogP contribution in [0.5, 0.6) is 0 Å². The molecule has 8 heteroatoms. The molecule has 260 valence electrons. The summed E-state index contributed by atoms with van der Waals surface area (Å²) in [6, 6.07) is 27.1. The zero-order valence-corrected chi connectivity index (χ0v) is 28.6. The van der Waals surface area contributed by atoms with E-state index in [1.807, 2.05) is 12.1 Å². The van der Waals surface area contributed by atoms with Crippen molar-refractivity contribution in [3.63, 3.8) is 0 Å². The minimum absolute atomic E-state index is 0.0135. The maximum atomic E-state index is 13.0. The summed E-state index contributed by atoms with van der Waals surface area (Å²) in [5, 5.41) is 16.1. The van der Waals surface area contributed by atoms with Crippen molar-refractivity contribution in [3.8, 4) is 0 Å². The Hall–Kier alpha value is -3.27. The second kappa shape index (κ2) is 14.5. The van der Waals surface area contributed by atoms with Crippen molar-refractivity contribution >= 4 is 6.03 Å². The molecule has 0 spiro atoms. The highest BCUT2D eigenvalue weighted by molar-refractivity contribution is 5.75. The van der Waals surface area contributed by atoms with Gasteiger partial charge in [-0.1, -0.05) is 78.9 Å². The van der Waals surface area contributed by atoms with Crippen LogP contribution in [0.15, 0.2) is 78.9 Å². The van der Waals surface area contributed by atoms with E-state index in [1.54, 1.807) is 0 Å². The highest BCUT2D eigenvalue weighted by Crippen LogP contribution is 2.55. The second-order valence-corrected chi connectivity index (χ2v) is 15.7. The molecule has 3 N–H and O–H groups in total. The molecule has 0 radical (unpaired) electrons. The zero-order chi connectivity index (χ0) is 33.2. The molecule has 9 rings (SSSR count). The summed E-state index contributed by atoms with van der Waals surface area (Å²) < 4.78 is 13.3. The van der Waals surface area contributed by atoms with Crippen LogP contribution in [-0.4, -0.2) is 65.3 Å². The first-order valence-corrected chi connectivity index (χ1v) is 18.6. The first-order chi connectivity index (χ1) is 24.0. The van der Waals surface area contributed by atoms with E-state index in [0.717, 1.165) is 105 Å².